The fourth-order valence-corrected chi connectivity index (χ4v) is 4.53. The second-order valence-electron chi connectivity index (χ2n) is 8.37. The van der Waals surface area contributed by atoms with Crippen molar-refractivity contribution < 1.29 is 13.9 Å². The third-order valence-electron chi connectivity index (χ3n) is 6.28. The Kier molecular flexibility index (Phi) is 6.38. The van der Waals surface area contributed by atoms with Crippen molar-refractivity contribution in [2.75, 3.05) is 39.6 Å². The minimum Gasteiger partial charge on any atom is -0.496 e. The Morgan fingerprint density at radius 1 is 1.39 bits per heavy atom. The lowest BCUT2D eigenvalue weighted by molar-refractivity contribution is -0.129. The maximum absolute atomic E-state index is 14.5. The molecule has 2 aromatic carbocycles. The van der Waals surface area contributed by atoms with Crippen molar-refractivity contribution >= 4 is 39.9 Å². The number of methoxy groups -OCH3 is 1. The Labute approximate surface area is 196 Å². The number of amides is 1. The van der Waals surface area contributed by atoms with Crippen molar-refractivity contribution in [3.8, 4) is 5.75 Å². The molecule has 1 amide bonds. The average Bonchev–Trinajstić information content (AvgIpc) is 3.20. The number of fused-ring (bicyclic) bond motifs is 1. The number of likely N-dealkylation sites (N-methyl/N-ethyl adjacent to an activating group) is 2. The number of primary amides is 1. The minimum absolute atomic E-state index is 0.0145. The summed E-state index contributed by atoms with van der Waals surface area (Å²) in [6, 6.07) is 8.41. The van der Waals surface area contributed by atoms with Crippen LogP contribution >= 0.6 is 11.6 Å². The molecule has 0 spiro atoms. The van der Waals surface area contributed by atoms with Gasteiger partial charge in [-0.2, -0.15) is 0 Å². The molecule has 1 saturated heterocycles. The van der Waals surface area contributed by atoms with Crippen LogP contribution in [0.4, 0.5) is 15.9 Å². The van der Waals surface area contributed by atoms with E-state index in [9.17, 15) is 9.18 Å². The number of anilines is 2. The second-order valence-corrected chi connectivity index (χ2v) is 8.78. The van der Waals surface area contributed by atoms with Crippen molar-refractivity contribution in [2.24, 2.45) is 5.73 Å². The Balaban J connectivity index is 1.73. The van der Waals surface area contributed by atoms with Crippen LogP contribution < -0.4 is 15.8 Å². The molecular weight excluding hydrogens is 447 g/mol. The van der Waals surface area contributed by atoms with Gasteiger partial charge in [0.1, 0.15) is 23.4 Å². The van der Waals surface area contributed by atoms with Gasteiger partial charge < -0.3 is 20.7 Å². The van der Waals surface area contributed by atoms with Crippen molar-refractivity contribution in [3.05, 3.63) is 53.1 Å². The first kappa shape index (κ1) is 23.2. The van der Waals surface area contributed by atoms with E-state index in [1.807, 2.05) is 25.1 Å². The van der Waals surface area contributed by atoms with E-state index < -0.39 is 11.4 Å². The highest BCUT2D eigenvalue weighted by atomic mass is 35.5. The van der Waals surface area contributed by atoms with Gasteiger partial charge in [-0.15, -0.1) is 0 Å². The number of likely N-dealkylation sites (tertiary alicyclic amines) is 1. The average molecular weight is 473 g/mol. The Morgan fingerprint density at radius 3 is 2.85 bits per heavy atom. The van der Waals surface area contributed by atoms with Crippen LogP contribution in [0.2, 0.25) is 5.02 Å². The fraction of sp³-hybridized carbons (Fsp3) is 0.348. The molecule has 33 heavy (non-hydrogen) atoms. The summed E-state index contributed by atoms with van der Waals surface area (Å²) in [5, 5.41) is 3.71. The molecule has 1 unspecified atom stereocenters. The SMILES string of the molecule is COc1cc2ncnc(Nc3cccc(Cl)c3F)c2cc1CN(C)C1(C(N)=O)CCN(C)C1. The highest BCUT2D eigenvalue weighted by Gasteiger charge is 2.45. The number of aromatic nitrogens is 2. The van der Waals surface area contributed by atoms with Crippen LogP contribution in [-0.4, -0.2) is 65.5 Å². The van der Waals surface area contributed by atoms with Crippen LogP contribution in [0.25, 0.3) is 10.9 Å². The maximum Gasteiger partial charge on any atom is 0.239 e. The number of rotatable bonds is 7. The number of halogens is 2. The third-order valence-corrected chi connectivity index (χ3v) is 6.57. The Morgan fingerprint density at radius 2 is 2.18 bits per heavy atom. The van der Waals surface area contributed by atoms with Crippen molar-refractivity contribution in [1.82, 2.24) is 19.8 Å². The highest BCUT2D eigenvalue weighted by Crippen LogP contribution is 2.34. The zero-order valence-electron chi connectivity index (χ0n) is 18.7. The predicted molar refractivity (Wildman–Crippen MR) is 126 cm³/mol. The molecule has 0 bridgehead atoms. The lowest BCUT2D eigenvalue weighted by atomic mass is 9.94. The van der Waals surface area contributed by atoms with E-state index in [4.69, 9.17) is 22.1 Å². The topological polar surface area (TPSA) is 96.6 Å². The lowest BCUT2D eigenvalue weighted by Gasteiger charge is -2.36. The maximum atomic E-state index is 14.5. The van der Waals surface area contributed by atoms with Gasteiger partial charge in [-0.05, 0) is 38.7 Å². The molecular formula is C23H26ClFN6O2. The van der Waals surface area contributed by atoms with Crippen molar-refractivity contribution in [3.63, 3.8) is 0 Å². The molecule has 1 atom stereocenters. The van der Waals surface area contributed by atoms with Gasteiger partial charge in [-0.1, -0.05) is 17.7 Å². The number of carbonyl (C=O) groups is 1. The van der Waals surface area contributed by atoms with E-state index in [0.717, 1.165) is 12.1 Å². The third kappa shape index (κ3) is 4.31. The zero-order valence-corrected chi connectivity index (χ0v) is 19.5. The summed E-state index contributed by atoms with van der Waals surface area (Å²) >= 11 is 5.92. The van der Waals surface area contributed by atoms with Gasteiger partial charge in [0.2, 0.25) is 5.91 Å². The number of nitrogens with one attached hydrogen (secondary N) is 1. The standard InChI is InChI=1S/C23H26ClFN6O2/c1-30-8-7-23(12-30,22(26)32)31(2)11-14-9-15-18(10-19(14)33-3)27-13-28-21(15)29-17-6-4-5-16(24)20(17)25/h4-6,9-10,13H,7-8,11-12H2,1-3H3,(H2,26,32)(H,27,28,29). The molecule has 1 aliphatic heterocycles. The molecule has 3 aromatic rings. The zero-order chi connectivity index (χ0) is 23.8. The van der Waals surface area contributed by atoms with E-state index in [0.29, 0.717) is 42.0 Å². The van der Waals surface area contributed by atoms with Gasteiger partial charge in [-0.3, -0.25) is 9.69 Å². The molecule has 8 nitrogen and oxygen atoms in total. The minimum atomic E-state index is -0.771. The van der Waals surface area contributed by atoms with Gasteiger partial charge in [0.15, 0.2) is 5.82 Å². The van der Waals surface area contributed by atoms with Gasteiger partial charge in [0.25, 0.3) is 0 Å². The van der Waals surface area contributed by atoms with Crippen LogP contribution in [0, 0.1) is 5.82 Å². The molecule has 1 aliphatic rings. The summed E-state index contributed by atoms with van der Waals surface area (Å²) in [6.45, 7) is 1.75. The number of benzene rings is 2. The van der Waals surface area contributed by atoms with Crippen molar-refractivity contribution in [1.29, 1.82) is 0 Å². The fourth-order valence-electron chi connectivity index (χ4n) is 4.36. The van der Waals surface area contributed by atoms with E-state index in [1.54, 1.807) is 25.3 Å². The molecule has 2 heterocycles. The highest BCUT2D eigenvalue weighted by molar-refractivity contribution is 6.31. The van der Waals surface area contributed by atoms with Crippen LogP contribution in [-0.2, 0) is 11.3 Å². The molecule has 4 rings (SSSR count). The number of ether oxygens (including phenoxy) is 1. The molecule has 174 valence electrons. The first-order chi connectivity index (χ1) is 15.7. The van der Waals surface area contributed by atoms with Crippen LogP contribution in [0.5, 0.6) is 5.75 Å². The van der Waals surface area contributed by atoms with Crippen molar-refractivity contribution in [2.45, 2.75) is 18.5 Å². The summed E-state index contributed by atoms with van der Waals surface area (Å²) < 4.78 is 20.1. The normalized spacial score (nSPS) is 18.7. The van der Waals surface area contributed by atoms with E-state index in [-0.39, 0.29) is 16.6 Å². The Bertz CT molecular complexity index is 1210. The summed E-state index contributed by atoms with van der Waals surface area (Å²) in [5.41, 5.74) is 6.72. The largest absolute Gasteiger partial charge is 0.496 e. The Hall–Kier alpha value is -3.01. The summed E-state index contributed by atoms with van der Waals surface area (Å²) in [4.78, 5) is 25.1. The quantitative estimate of drug-likeness (QED) is 0.545. The molecule has 0 aliphatic carbocycles. The number of nitrogens with two attached hydrogens (primary N) is 1. The molecule has 1 aromatic heterocycles. The molecule has 0 radical (unpaired) electrons. The van der Waals surface area contributed by atoms with E-state index >= 15 is 0 Å². The monoisotopic (exact) mass is 472 g/mol. The van der Waals surface area contributed by atoms with Crippen LogP contribution in [0.3, 0.4) is 0 Å². The van der Waals surface area contributed by atoms with Gasteiger partial charge in [-0.25, -0.2) is 14.4 Å². The summed E-state index contributed by atoms with van der Waals surface area (Å²) in [7, 11) is 5.44. The molecule has 3 N–H and O–H groups in total. The predicted octanol–water partition coefficient (Wildman–Crippen LogP) is 3.17. The lowest BCUT2D eigenvalue weighted by Crippen LogP contribution is -2.57. The first-order valence-electron chi connectivity index (χ1n) is 10.5. The van der Waals surface area contributed by atoms with E-state index in [2.05, 4.69) is 20.2 Å². The number of carbonyl (C=O) groups excluding carboxylic acids is 1. The molecule has 0 saturated carbocycles. The van der Waals surface area contributed by atoms with Crippen LogP contribution in [0.1, 0.15) is 12.0 Å². The number of nitrogens with zero attached hydrogens (tertiary/aromatic N) is 4. The van der Waals surface area contributed by atoms with Gasteiger partial charge in [0, 0.05) is 36.7 Å². The summed E-state index contributed by atoms with van der Waals surface area (Å²) in [6.07, 6.45) is 2.05. The molecule has 1 fully saturated rings. The smallest absolute Gasteiger partial charge is 0.239 e. The van der Waals surface area contributed by atoms with Gasteiger partial charge >= 0.3 is 0 Å². The van der Waals surface area contributed by atoms with Gasteiger partial charge in [0.05, 0.1) is 23.3 Å². The van der Waals surface area contributed by atoms with E-state index in [1.165, 1.54) is 12.4 Å². The second kappa shape index (κ2) is 9.09. The first-order valence-corrected chi connectivity index (χ1v) is 10.9. The number of hydrogen-bond donors (Lipinski definition) is 2. The summed E-state index contributed by atoms with van der Waals surface area (Å²) in [5.74, 6) is 0.140. The van der Waals surface area contributed by atoms with Crippen LogP contribution in [0.15, 0.2) is 36.7 Å². The number of hydrogen-bond acceptors (Lipinski definition) is 7. The molecule has 10 heteroatoms.